The van der Waals surface area contributed by atoms with Crippen molar-refractivity contribution in [3.8, 4) is 0 Å². The molecule has 0 spiro atoms. The van der Waals surface area contributed by atoms with Crippen LogP contribution in [0.4, 0.5) is 0 Å². The zero-order valence-electron chi connectivity index (χ0n) is 10.8. The first kappa shape index (κ1) is 13.8. The topological polar surface area (TPSA) is 71.8 Å². The molecule has 0 bridgehead atoms. The maximum atomic E-state index is 11.3. The van der Waals surface area contributed by atoms with Crippen molar-refractivity contribution in [1.82, 2.24) is 9.97 Å². The van der Waals surface area contributed by atoms with Crippen molar-refractivity contribution in [2.45, 2.75) is 35.9 Å². The van der Waals surface area contributed by atoms with Crippen LogP contribution < -0.4 is 11.3 Å². The molecule has 0 fully saturated rings. The van der Waals surface area contributed by atoms with Crippen LogP contribution in [-0.4, -0.2) is 16.0 Å². The van der Waals surface area contributed by atoms with Crippen LogP contribution in [0.1, 0.15) is 18.9 Å². The number of hydrogen-bond donors (Lipinski definition) is 2. The average Bonchev–Trinajstić information content (AvgIpc) is 2.41. The molecule has 0 saturated carbocycles. The lowest BCUT2D eigenvalue weighted by Crippen LogP contribution is -2.21. The molecule has 0 radical (unpaired) electrons. The molecule has 2 rings (SSSR count). The average molecular weight is 275 g/mol. The summed E-state index contributed by atoms with van der Waals surface area (Å²) in [5, 5.41) is 0.602. The number of aromatic nitrogens is 2. The van der Waals surface area contributed by atoms with E-state index in [2.05, 4.69) is 23.0 Å². The number of nitrogens with zero attached hydrogens (tertiary/aromatic N) is 1. The normalized spacial score (nSPS) is 12.3. The smallest absolute Gasteiger partial charge is 0.251 e. The number of benzene rings is 1. The summed E-state index contributed by atoms with van der Waals surface area (Å²) in [4.78, 5) is 19.2. The molecule has 100 valence electrons. The van der Waals surface area contributed by atoms with Gasteiger partial charge >= 0.3 is 0 Å². The highest BCUT2D eigenvalue weighted by Crippen LogP contribution is 2.27. The van der Waals surface area contributed by atoms with Gasteiger partial charge in [0.25, 0.3) is 5.56 Å². The molecular formula is C14H17N3OS. The van der Waals surface area contributed by atoms with Crippen molar-refractivity contribution < 1.29 is 0 Å². The summed E-state index contributed by atoms with van der Waals surface area (Å²) >= 11 is 1.46. The molecule has 4 nitrogen and oxygen atoms in total. The monoisotopic (exact) mass is 275 g/mol. The van der Waals surface area contributed by atoms with Crippen LogP contribution in [0.3, 0.4) is 0 Å². The minimum absolute atomic E-state index is 0.139. The maximum absolute atomic E-state index is 11.3. The Morgan fingerprint density at radius 3 is 2.89 bits per heavy atom. The lowest BCUT2D eigenvalue weighted by Gasteiger charge is -2.12. The molecule has 1 heterocycles. The highest BCUT2D eigenvalue weighted by atomic mass is 32.2. The van der Waals surface area contributed by atoms with Gasteiger partial charge in [-0.2, -0.15) is 0 Å². The van der Waals surface area contributed by atoms with Gasteiger partial charge in [0, 0.05) is 23.2 Å². The summed E-state index contributed by atoms with van der Waals surface area (Å²) in [6.07, 6.45) is 3.29. The second kappa shape index (κ2) is 6.54. The fourth-order valence-corrected chi connectivity index (χ4v) is 2.61. The molecule has 1 unspecified atom stereocenters. The first-order valence-electron chi connectivity index (χ1n) is 6.25. The number of aromatic amines is 1. The fourth-order valence-electron chi connectivity index (χ4n) is 1.71. The predicted molar refractivity (Wildman–Crippen MR) is 77.4 cm³/mol. The predicted octanol–water partition coefficient (Wildman–Crippen LogP) is 2.20. The van der Waals surface area contributed by atoms with Crippen molar-refractivity contribution in [2.75, 3.05) is 0 Å². The lowest BCUT2D eigenvalue weighted by molar-refractivity contribution is 0.641. The molecule has 0 aliphatic heterocycles. The van der Waals surface area contributed by atoms with Crippen LogP contribution in [0.15, 0.2) is 51.4 Å². The molecule has 3 N–H and O–H groups in total. The van der Waals surface area contributed by atoms with Crippen molar-refractivity contribution in [1.29, 1.82) is 0 Å². The number of nitrogens with two attached hydrogens (primary N) is 1. The molecule has 0 amide bonds. The minimum atomic E-state index is -0.139. The first-order valence-corrected chi connectivity index (χ1v) is 7.07. The molecule has 1 aromatic heterocycles. The van der Waals surface area contributed by atoms with Gasteiger partial charge in [-0.15, -0.1) is 0 Å². The van der Waals surface area contributed by atoms with Crippen LogP contribution in [0, 0.1) is 0 Å². The zero-order valence-corrected chi connectivity index (χ0v) is 11.6. The third-order valence-corrected chi connectivity index (χ3v) is 3.85. The van der Waals surface area contributed by atoms with Gasteiger partial charge < -0.3 is 10.7 Å². The van der Waals surface area contributed by atoms with E-state index in [9.17, 15) is 4.79 Å². The molecule has 2 aromatic rings. The third-order valence-electron chi connectivity index (χ3n) is 2.83. The van der Waals surface area contributed by atoms with Gasteiger partial charge in [0.05, 0.1) is 0 Å². The molecule has 0 aliphatic rings. The van der Waals surface area contributed by atoms with Crippen molar-refractivity contribution >= 4 is 11.8 Å². The second-order valence-electron chi connectivity index (χ2n) is 4.32. The number of H-pyrrole nitrogens is 1. The third kappa shape index (κ3) is 3.94. The zero-order chi connectivity index (χ0) is 13.7. The Hall–Kier alpha value is -1.59. The summed E-state index contributed by atoms with van der Waals surface area (Å²) in [6, 6.07) is 9.63. The molecule has 0 aliphatic carbocycles. The van der Waals surface area contributed by atoms with Crippen molar-refractivity contribution in [3.63, 3.8) is 0 Å². The highest BCUT2D eigenvalue weighted by Gasteiger charge is 2.08. The van der Waals surface area contributed by atoms with Gasteiger partial charge in [0.2, 0.25) is 0 Å². The Morgan fingerprint density at radius 2 is 2.16 bits per heavy atom. The second-order valence-corrected chi connectivity index (χ2v) is 5.35. The van der Waals surface area contributed by atoms with E-state index in [4.69, 9.17) is 5.73 Å². The van der Waals surface area contributed by atoms with E-state index in [0.717, 1.165) is 17.7 Å². The molecule has 1 aromatic carbocycles. The molecular weight excluding hydrogens is 258 g/mol. The van der Waals surface area contributed by atoms with Crippen LogP contribution in [0.25, 0.3) is 0 Å². The summed E-state index contributed by atoms with van der Waals surface area (Å²) in [5.74, 6) is 0. The SMILES string of the molecule is CCC(N)Cc1ccccc1Sc1nccc(=O)[nH]1. The van der Waals surface area contributed by atoms with E-state index in [1.807, 2.05) is 18.2 Å². The highest BCUT2D eigenvalue weighted by molar-refractivity contribution is 7.99. The summed E-state index contributed by atoms with van der Waals surface area (Å²) in [7, 11) is 0. The molecule has 1 atom stereocenters. The van der Waals surface area contributed by atoms with Crippen LogP contribution in [-0.2, 0) is 6.42 Å². The maximum Gasteiger partial charge on any atom is 0.251 e. The van der Waals surface area contributed by atoms with E-state index >= 15 is 0 Å². The van der Waals surface area contributed by atoms with E-state index in [1.165, 1.54) is 29.6 Å². The number of rotatable bonds is 5. The molecule has 19 heavy (non-hydrogen) atoms. The van der Waals surface area contributed by atoms with Crippen molar-refractivity contribution in [2.24, 2.45) is 5.73 Å². The first-order chi connectivity index (χ1) is 9.19. The van der Waals surface area contributed by atoms with E-state index in [-0.39, 0.29) is 11.6 Å². The van der Waals surface area contributed by atoms with E-state index < -0.39 is 0 Å². The largest absolute Gasteiger partial charge is 0.327 e. The standard InChI is InChI=1S/C14H17N3OS/c1-2-11(15)9-10-5-3-4-6-12(10)19-14-16-8-7-13(18)17-14/h3-8,11H,2,9,15H2,1H3,(H,16,17,18). The van der Waals surface area contributed by atoms with Crippen LogP contribution in [0.5, 0.6) is 0 Å². The quantitative estimate of drug-likeness (QED) is 0.821. The van der Waals surface area contributed by atoms with Gasteiger partial charge in [-0.25, -0.2) is 4.98 Å². The van der Waals surface area contributed by atoms with E-state index in [1.54, 1.807) is 0 Å². The van der Waals surface area contributed by atoms with Gasteiger partial charge in [0.15, 0.2) is 5.16 Å². The lowest BCUT2D eigenvalue weighted by atomic mass is 10.1. The fraction of sp³-hybridized carbons (Fsp3) is 0.286. The minimum Gasteiger partial charge on any atom is -0.327 e. The summed E-state index contributed by atoms with van der Waals surface area (Å²) < 4.78 is 0. The molecule has 5 heteroatoms. The van der Waals surface area contributed by atoms with Gasteiger partial charge in [-0.05, 0) is 24.5 Å². The van der Waals surface area contributed by atoms with Gasteiger partial charge in [-0.1, -0.05) is 36.9 Å². The molecule has 0 saturated heterocycles. The van der Waals surface area contributed by atoms with Crippen LogP contribution >= 0.6 is 11.8 Å². The Kier molecular flexibility index (Phi) is 4.76. The summed E-state index contributed by atoms with van der Waals surface area (Å²) in [5.41, 5.74) is 7.06. The number of nitrogens with one attached hydrogen (secondary N) is 1. The Labute approximate surface area is 116 Å². The Morgan fingerprint density at radius 1 is 1.37 bits per heavy atom. The Balaban J connectivity index is 2.22. The van der Waals surface area contributed by atoms with Crippen LogP contribution in [0.2, 0.25) is 0 Å². The van der Waals surface area contributed by atoms with Crippen molar-refractivity contribution in [3.05, 3.63) is 52.4 Å². The Bertz CT molecular complexity index is 597. The van der Waals surface area contributed by atoms with Gasteiger partial charge in [-0.3, -0.25) is 4.79 Å². The van der Waals surface area contributed by atoms with Gasteiger partial charge in [0.1, 0.15) is 0 Å². The summed E-state index contributed by atoms with van der Waals surface area (Å²) in [6.45, 7) is 2.08. The number of hydrogen-bond acceptors (Lipinski definition) is 4. The van der Waals surface area contributed by atoms with E-state index in [0.29, 0.717) is 5.16 Å².